The van der Waals surface area contributed by atoms with Crippen LogP contribution < -0.4 is 15.4 Å². The lowest BCUT2D eigenvalue weighted by molar-refractivity contribution is 0.253. The molecule has 4 nitrogen and oxygen atoms in total. The van der Waals surface area contributed by atoms with Gasteiger partial charge in [0.15, 0.2) is 0 Å². The Bertz CT molecular complexity index is 441. The lowest BCUT2D eigenvalue weighted by atomic mass is 10.1. The number of rotatable bonds is 5. The smallest absolute Gasteiger partial charge is 0.122 e. The quantitative estimate of drug-likeness (QED) is 0.827. The van der Waals surface area contributed by atoms with Gasteiger partial charge in [0, 0.05) is 38.3 Å². The Morgan fingerprint density at radius 1 is 1.10 bits per heavy atom. The second kappa shape index (κ2) is 6.46. The molecule has 0 unspecified atom stereocenters. The van der Waals surface area contributed by atoms with Crippen LogP contribution in [0.3, 0.4) is 0 Å². The van der Waals surface area contributed by atoms with Gasteiger partial charge in [-0.2, -0.15) is 0 Å². The lowest BCUT2D eigenvalue weighted by Gasteiger charge is -2.36. The van der Waals surface area contributed by atoms with Crippen molar-refractivity contribution in [2.75, 3.05) is 50.8 Å². The maximum atomic E-state index is 5.58. The minimum atomic E-state index is 0.817. The molecule has 2 N–H and O–H groups in total. The Balaban J connectivity index is 1.53. The minimum Gasteiger partial charge on any atom is -0.493 e. The number of hydrogen-bond donors (Lipinski definition) is 1. The summed E-state index contributed by atoms with van der Waals surface area (Å²) in [6, 6.07) is 6.64. The Kier molecular flexibility index (Phi) is 4.43. The molecule has 0 spiro atoms. The normalized spacial score (nSPS) is 18.9. The van der Waals surface area contributed by atoms with E-state index in [1.54, 1.807) is 0 Å². The first kappa shape index (κ1) is 13.7. The molecule has 1 aromatic carbocycles. The van der Waals surface area contributed by atoms with E-state index in [0.717, 1.165) is 57.9 Å². The van der Waals surface area contributed by atoms with E-state index in [1.165, 1.54) is 24.2 Å². The van der Waals surface area contributed by atoms with Gasteiger partial charge in [0.1, 0.15) is 5.75 Å². The molecule has 1 saturated heterocycles. The zero-order valence-electron chi connectivity index (χ0n) is 12.2. The van der Waals surface area contributed by atoms with Crippen molar-refractivity contribution in [3.05, 3.63) is 23.8 Å². The van der Waals surface area contributed by atoms with Crippen LogP contribution in [-0.2, 0) is 6.42 Å². The number of piperazine rings is 1. The maximum absolute atomic E-state index is 5.58. The Labute approximate surface area is 121 Å². The molecule has 3 rings (SSSR count). The summed E-state index contributed by atoms with van der Waals surface area (Å²) in [5.41, 5.74) is 8.28. The van der Waals surface area contributed by atoms with E-state index in [0.29, 0.717) is 0 Å². The van der Waals surface area contributed by atoms with Crippen molar-refractivity contribution in [2.24, 2.45) is 5.73 Å². The van der Waals surface area contributed by atoms with Crippen molar-refractivity contribution in [1.29, 1.82) is 0 Å². The number of anilines is 1. The van der Waals surface area contributed by atoms with Gasteiger partial charge in [-0.05, 0) is 49.7 Å². The van der Waals surface area contributed by atoms with Gasteiger partial charge in [0.2, 0.25) is 0 Å². The molecule has 0 radical (unpaired) electrons. The highest BCUT2D eigenvalue weighted by atomic mass is 16.5. The summed E-state index contributed by atoms with van der Waals surface area (Å²) in [6.45, 7) is 7.44. The summed E-state index contributed by atoms with van der Waals surface area (Å²) in [6.07, 6.45) is 3.43. The number of fused-ring (bicyclic) bond motifs is 1. The van der Waals surface area contributed by atoms with E-state index in [-0.39, 0.29) is 0 Å². The molecule has 0 saturated carbocycles. The van der Waals surface area contributed by atoms with Crippen LogP contribution in [-0.4, -0.2) is 50.8 Å². The maximum Gasteiger partial charge on any atom is 0.122 e. The summed E-state index contributed by atoms with van der Waals surface area (Å²) in [7, 11) is 0. The second-order valence-corrected chi connectivity index (χ2v) is 5.71. The van der Waals surface area contributed by atoms with Gasteiger partial charge in [-0.15, -0.1) is 0 Å². The monoisotopic (exact) mass is 275 g/mol. The molecule has 2 aliphatic heterocycles. The SMILES string of the molecule is NCCCCN1CCN(c2ccc3c(c2)CCO3)CC1. The summed E-state index contributed by atoms with van der Waals surface area (Å²) in [5.74, 6) is 1.08. The number of nitrogens with zero attached hydrogens (tertiary/aromatic N) is 2. The van der Waals surface area contributed by atoms with E-state index in [2.05, 4.69) is 28.0 Å². The first-order valence-corrected chi connectivity index (χ1v) is 7.80. The molecule has 2 aliphatic rings. The van der Waals surface area contributed by atoms with Crippen LogP contribution in [0.15, 0.2) is 18.2 Å². The number of ether oxygens (including phenoxy) is 1. The van der Waals surface area contributed by atoms with Gasteiger partial charge in [-0.1, -0.05) is 0 Å². The number of unbranched alkanes of at least 4 members (excludes halogenated alkanes) is 1. The van der Waals surface area contributed by atoms with Crippen LogP contribution in [0.1, 0.15) is 18.4 Å². The first-order chi connectivity index (χ1) is 9.86. The summed E-state index contributed by atoms with van der Waals surface area (Å²) in [5, 5.41) is 0. The van der Waals surface area contributed by atoms with Crippen LogP contribution >= 0.6 is 0 Å². The number of hydrogen-bond acceptors (Lipinski definition) is 4. The van der Waals surface area contributed by atoms with E-state index >= 15 is 0 Å². The summed E-state index contributed by atoms with van der Waals surface area (Å²) in [4.78, 5) is 5.06. The van der Waals surface area contributed by atoms with Gasteiger partial charge >= 0.3 is 0 Å². The molecule has 0 amide bonds. The van der Waals surface area contributed by atoms with E-state index in [1.807, 2.05) is 0 Å². The molecule has 110 valence electrons. The van der Waals surface area contributed by atoms with Gasteiger partial charge in [0.25, 0.3) is 0 Å². The van der Waals surface area contributed by atoms with Gasteiger partial charge in [-0.3, -0.25) is 4.90 Å². The topological polar surface area (TPSA) is 41.7 Å². The molecule has 1 aromatic rings. The molecule has 0 bridgehead atoms. The van der Waals surface area contributed by atoms with Crippen molar-refractivity contribution in [3.63, 3.8) is 0 Å². The third-order valence-electron chi connectivity index (χ3n) is 4.34. The van der Waals surface area contributed by atoms with Crippen LogP contribution in [0.5, 0.6) is 5.75 Å². The molecule has 4 heteroatoms. The van der Waals surface area contributed by atoms with Crippen molar-refractivity contribution >= 4 is 5.69 Å². The molecule has 1 fully saturated rings. The van der Waals surface area contributed by atoms with Crippen LogP contribution in [0.2, 0.25) is 0 Å². The predicted molar refractivity (Wildman–Crippen MR) is 82.6 cm³/mol. The molecule has 0 atom stereocenters. The van der Waals surface area contributed by atoms with Gasteiger partial charge < -0.3 is 15.4 Å². The van der Waals surface area contributed by atoms with Crippen LogP contribution in [0, 0.1) is 0 Å². The zero-order chi connectivity index (χ0) is 13.8. The molecular formula is C16H25N3O. The minimum absolute atomic E-state index is 0.817. The lowest BCUT2D eigenvalue weighted by Crippen LogP contribution is -2.46. The van der Waals surface area contributed by atoms with Crippen molar-refractivity contribution < 1.29 is 4.74 Å². The predicted octanol–water partition coefficient (Wildman–Crippen LogP) is 1.48. The molecule has 20 heavy (non-hydrogen) atoms. The van der Waals surface area contributed by atoms with E-state index in [9.17, 15) is 0 Å². The zero-order valence-corrected chi connectivity index (χ0v) is 12.2. The molecule has 0 aliphatic carbocycles. The number of benzene rings is 1. The Hall–Kier alpha value is -1.26. The third-order valence-corrected chi connectivity index (χ3v) is 4.34. The Morgan fingerprint density at radius 3 is 2.75 bits per heavy atom. The van der Waals surface area contributed by atoms with Crippen LogP contribution in [0.25, 0.3) is 0 Å². The van der Waals surface area contributed by atoms with Crippen molar-refractivity contribution in [3.8, 4) is 5.75 Å². The summed E-state index contributed by atoms with van der Waals surface area (Å²) < 4.78 is 5.58. The average Bonchev–Trinajstić information content (AvgIpc) is 2.96. The largest absolute Gasteiger partial charge is 0.493 e. The highest BCUT2D eigenvalue weighted by Crippen LogP contribution is 2.29. The Morgan fingerprint density at radius 2 is 1.95 bits per heavy atom. The fraction of sp³-hybridized carbons (Fsp3) is 0.625. The van der Waals surface area contributed by atoms with Gasteiger partial charge in [0.05, 0.1) is 6.61 Å². The molecule has 2 heterocycles. The third kappa shape index (κ3) is 3.07. The molecular weight excluding hydrogens is 250 g/mol. The van der Waals surface area contributed by atoms with E-state index < -0.39 is 0 Å². The second-order valence-electron chi connectivity index (χ2n) is 5.71. The standard InChI is InChI=1S/C16H25N3O/c17-6-1-2-7-18-8-10-19(11-9-18)15-3-4-16-14(13-15)5-12-20-16/h3-4,13H,1-2,5-12,17H2. The average molecular weight is 275 g/mol. The molecule has 0 aromatic heterocycles. The fourth-order valence-electron chi connectivity index (χ4n) is 3.08. The van der Waals surface area contributed by atoms with Crippen LogP contribution in [0.4, 0.5) is 5.69 Å². The summed E-state index contributed by atoms with van der Waals surface area (Å²) >= 11 is 0. The first-order valence-electron chi connectivity index (χ1n) is 7.80. The van der Waals surface area contributed by atoms with Gasteiger partial charge in [-0.25, -0.2) is 0 Å². The van der Waals surface area contributed by atoms with Crippen molar-refractivity contribution in [2.45, 2.75) is 19.3 Å². The fourth-order valence-corrected chi connectivity index (χ4v) is 3.08. The number of nitrogens with two attached hydrogens (primary N) is 1. The highest BCUT2D eigenvalue weighted by molar-refractivity contribution is 5.54. The highest BCUT2D eigenvalue weighted by Gasteiger charge is 2.19. The van der Waals surface area contributed by atoms with Crippen molar-refractivity contribution in [1.82, 2.24) is 4.90 Å². The van der Waals surface area contributed by atoms with E-state index in [4.69, 9.17) is 10.5 Å².